The molecule has 102 valence electrons. The Kier molecular flexibility index (Phi) is 4.33. The summed E-state index contributed by atoms with van der Waals surface area (Å²) in [4.78, 5) is 0. The Morgan fingerprint density at radius 1 is 1.06 bits per heavy atom. The first-order valence-corrected chi connectivity index (χ1v) is 9.04. The van der Waals surface area contributed by atoms with Crippen LogP contribution >= 0.6 is 0 Å². The monoisotopic (exact) mass is 272 g/mol. The Balaban J connectivity index is 2.74. The lowest BCUT2D eigenvalue weighted by molar-refractivity contribution is -0.0508. The van der Waals surface area contributed by atoms with Crippen LogP contribution in [0.3, 0.4) is 0 Å². The van der Waals surface area contributed by atoms with E-state index in [4.69, 9.17) is 4.43 Å². The summed E-state index contributed by atoms with van der Waals surface area (Å²) in [6, 6.07) is 7.85. The molecule has 0 aromatic heterocycles. The number of hydrogen-bond donors (Lipinski definition) is 0. The molecule has 0 amide bonds. The maximum Gasteiger partial charge on any atom is 0.294 e. The highest BCUT2D eigenvalue weighted by Gasteiger charge is 2.41. The minimum absolute atomic E-state index is 0.0173. The summed E-state index contributed by atoms with van der Waals surface area (Å²) < 4.78 is 33.5. The summed E-state index contributed by atoms with van der Waals surface area (Å²) in [5.41, 5.74) is 0.0173. The van der Waals surface area contributed by atoms with Crippen molar-refractivity contribution < 1.29 is 13.2 Å². The van der Waals surface area contributed by atoms with Crippen molar-refractivity contribution in [1.29, 1.82) is 0 Å². The Hall–Kier alpha value is -0.743. The van der Waals surface area contributed by atoms with Gasteiger partial charge in [-0.25, -0.2) is 0 Å². The molecule has 1 nitrogen and oxygen atoms in total. The molecule has 0 aliphatic heterocycles. The maximum absolute atomic E-state index is 14.0. The number of hydrogen-bond acceptors (Lipinski definition) is 1. The summed E-state index contributed by atoms with van der Waals surface area (Å²) in [6.45, 7) is 9.55. The lowest BCUT2D eigenvalue weighted by Gasteiger charge is -2.37. The fourth-order valence-electron chi connectivity index (χ4n) is 1.25. The molecule has 0 radical (unpaired) electrons. The predicted octanol–water partition coefficient (Wildman–Crippen LogP) is 4.80. The molecule has 4 heteroatoms. The van der Waals surface area contributed by atoms with Gasteiger partial charge in [-0.15, -0.1) is 0 Å². The number of benzene rings is 1. The average molecular weight is 272 g/mol. The van der Waals surface area contributed by atoms with Gasteiger partial charge in [0.1, 0.15) is 6.61 Å². The fourth-order valence-corrected chi connectivity index (χ4v) is 2.23. The third kappa shape index (κ3) is 3.62. The molecule has 0 aliphatic carbocycles. The molecule has 0 bridgehead atoms. The van der Waals surface area contributed by atoms with E-state index in [9.17, 15) is 8.78 Å². The van der Waals surface area contributed by atoms with Crippen LogP contribution in [-0.4, -0.2) is 14.9 Å². The zero-order valence-corrected chi connectivity index (χ0v) is 12.8. The lowest BCUT2D eigenvalue weighted by atomic mass is 10.1. The number of rotatable bonds is 4. The van der Waals surface area contributed by atoms with E-state index in [0.717, 1.165) is 0 Å². The topological polar surface area (TPSA) is 9.23 Å². The van der Waals surface area contributed by atoms with Crippen LogP contribution in [0.1, 0.15) is 26.3 Å². The van der Waals surface area contributed by atoms with Crippen molar-refractivity contribution >= 4 is 8.32 Å². The van der Waals surface area contributed by atoms with Crippen LogP contribution in [0.25, 0.3) is 0 Å². The van der Waals surface area contributed by atoms with Gasteiger partial charge < -0.3 is 4.43 Å². The molecule has 18 heavy (non-hydrogen) atoms. The quantitative estimate of drug-likeness (QED) is 0.715. The van der Waals surface area contributed by atoms with E-state index in [1.54, 1.807) is 18.2 Å². The van der Waals surface area contributed by atoms with Crippen LogP contribution in [0.2, 0.25) is 18.1 Å². The van der Waals surface area contributed by atoms with E-state index in [0.29, 0.717) is 0 Å². The zero-order chi connectivity index (χ0) is 14.0. The fraction of sp³-hybridized carbons (Fsp3) is 0.571. The molecule has 0 atom stereocenters. The number of alkyl halides is 2. The summed E-state index contributed by atoms with van der Waals surface area (Å²) >= 11 is 0. The molecule has 0 heterocycles. The number of halogens is 2. The van der Waals surface area contributed by atoms with Gasteiger partial charge in [-0.05, 0) is 18.1 Å². The van der Waals surface area contributed by atoms with Crippen LogP contribution in [0, 0.1) is 0 Å². The van der Waals surface area contributed by atoms with Crippen molar-refractivity contribution in [3.63, 3.8) is 0 Å². The molecule has 0 fully saturated rings. The van der Waals surface area contributed by atoms with E-state index >= 15 is 0 Å². The molecule has 0 N–H and O–H groups in total. The highest BCUT2D eigenvalue weighted by Crippen LogP contribution is 2.38. The summed E-state index contributed by atoms with van der Waals surface area (Å²) in [5, 5.41) is -0.0558. The first-order valence-electron chi connectivity index (χ1n) is 6.14. The Labute approximate surface area is 109 Å². The van der Waals surface area contributed by atoms with Gasteiger partial charge in [0.2, 0.25) is 0 Å². The smallest absolute Gasteiger partial charge is 0.294 e. The van der Waals surface area contributed by atoms with Crippen molar-refractivity contribution in [2.24, 2.45) is 0 Å². The van der Waals surface area contributed by atoms with Gasteiger partial charge >= 0.3 is 0 Å². The Bertz CT molecular complexity index is 383. The third-order valence-electron chi connectivity index (χ3n) is 3.62. The van der Waals surface area contributed by atoms with E-state index in [-0.39, 0.29) is 10.6 Å². The van der Waals surface area contributed by atoms with E-state index in [2.05, 4.69) is 0 Å². The van der Waals surface area contributed by atoms with Crippen molar-refractivity contribution in [2.75, 3.05) is 6.61 Å². The molecule has 0 saturated carbocycles. The van der Waals surface area contributed by atoms with Gasteiger partial charge in [-0.3, -0.25) is 0 Å². The molecule has 1 aromatic rings. The van der Waals surface area contributed by atoms with E-state index in [1.165, 1.54) is 12.1 Å². The molecule has 0 unspecified atom stereocenters. The Morgan fingerprint density at radius 2 is 1.56 bits per heavy atom. The summed E-state index contributed by atoms with van der Waals surface area (Å²) in [6.07, 6.45) is 0. The van der Waals surface area contributed by atoms with Crippen molar-refractivity contribution in [3.05, 3.63) is 35.9 Å². The second-order valence-corrected chi connectivity index (χ2v) is 10.9. The van der Waals surface area contributed by atoms with Gasteiger partial charge in [0.05, 0.1) is 0 Å². The Morgan fingerprint density at radius 3 is 2.00 bits per heavy atom. The van der Waals surface area contributed by atoms with Gasteiger partial charge in [-0.1, -0.05) is 51.1 Å². The van der Waals surface area contributed by atoms with Crippen molar-refractivity contribution in [1.82, 2.24) is 0 Å². The summed E-state index contributed by atoms with van der Waals surface area (Å²) in [7, 11) is -2.13. The standard InChI is InChI=1S/C14H22F2OSi/c1-13(2,3)18(4,5)17-11-14(15,16)12-9-7-6-8-10-12/h6-10H,11H2,1-5H3. The van der Waals surface area contributed by atoms with Gasteiger partial charge in [0, 0.05) is 5.56 Å². The van der Waals surface area contributed by atoms with Crippen molar-refractivity contribution in [2.45, 2.75) is 44.8 Å². The molecular formula is C14H22F2OSi. The third-order valence-corrected chi connectivity index (χ3v) is 8.10. The van der Waals surface area contributed by atoms with E-state index in [1.807, 2.05) is 33.9 Å². The minimum Gasteiger partial charge on any atom is -0.410 e. The van der Waals surface area contributed by atoms with Crippen LogP contribution in [-0.2, 0) is 10.3 Å². The van der Waals surface area contributed by atoms with E-state index < -0.39 is 20.8 Å². The van der Waals surface area contributed by atoms with Crippen LogP contribution in [0.15, 0.2) is 30.3 Å². The second kappa shape index (κ2) is 5.09. The summed E-state index contributed by atoms with van der Waals surface area (Å²) in [5.74, 6) is -2.92. The van der Waals surface area contributed by atoms with Gasteiger partial charge in [0.25, 0.3) is 5.92 Å². The molecule has 0 spiro atoms. The second-order valence-electron chi connectivity index (χ2n) is 6.12. The normalized spacial score (nSPS) is 13.7. The average Bonchev–Trinajstić information content (AvgIpc) is 2.26. The van der Waals surface area contributed by atoms with Gasteiger partial charge in [0.15, 0.2) is 8.32 Å². The lowest BCUT2D eigenvalue weighted by Crippen LogP contribution is -2.43. The van der Waals surface area contributed by atoms with Crippen LogP contribution in [0.5, 0.6) is 0 Å². The SMILES string of the molecule is CC(C)(C)[Si](C)(C)OCC(F)(F)c1ccccc1. The zero-order valence-electron chi connectivity index (χ0n) is 11.8. The molecule has 0 aliphatic rings. The predicted molar refractivity (Wildman–Crippen MR) is 73.5 cm³/mol. The highest BCUT2D eigenvalue weighted by molar-refractivity contribution is 6.74. The molecular weight excluding hydrogens is 250 g/mol. The first kappa shape index (κ1) is 15.3. The van der Waals surface area contributed by atoms with Gasteiger partial charge in [-0.2, -0.15) is 8.78 Å². The molecule has 1 aromatic carbocycles. The molecule has 1 rings (SSSR count). The molecule has 0 saturated heterocycles. The van der Waals surface area contributed by atoms with Crippen molar-refractivity contribution in [3.8, 4) is 0 Å². The van der Waals surface area contributed by atoms with Crippen LogP contribution in [0.4, 0.5) is 8.78 Å². The largest absolute Gasteiger partial charge is 0.410 e. The highest BCUT2D eigenvalue weighted by atomic mass is 28.4. The first-order chi connectivity index (χ1) is 8.06. The minimum atomic E-state index is -2.92. The maximum atomic E-state index is 14.0. The van der Waals surface area contributed by atoms with Crippen LogP contribution < -0.4 is 0 Å².